The van der Waals surface area contributed by atoms with Gasteiger partial charge in [-0.25, -0.2) is 4.39 Å². The predicted octanol–water partition coefficient (Wildman–Crippen LogP) is 3.10. The average molecular weight is 245 g/mol. The molecule has 0 amide bonds. The van der Waals surface area contributed by atoms with Gasteiger partial charge in [-0.15, -0.1) is 0 Å². The van der Waals surface area contributed by atoms with Crippen molar-refractivity contribution in [3.63, 3.8) is 0 Å². The van der Waals surface area contributed by atoms with Gasteiger partial charge in [0.05, 0.1) is 4.47 Å². The van der Waals surface area contributed by atoms with E-state index in [9.17, 15) is 4.39 Å². The molecule has 0 bridgehead atoms. The lowest BCUT2D eigenvalue weighted by atomic mass is 10.2. The van der Waals surface area contributed by atoms with Gasteiger partial charge in [0.25, 0.3) is 6.29 Å². The Labute approximate surface area is 83.1 Å². The maximum atomic E-state index is 12.8. The molecule has 2 rings (SSSR count). The Kier molecular flexibility index (Phi) is 2.22. The first-order chi connectivity index (χ1) is 6.27. The van der Waals surface area contributed by atoms with E-state index in [1.54, 1.807) is 12.1 Å². The Morgan fingerprint density at radius 3 is 2.54 bits per heavy atom. The van der Waals surface area contributed by atoms with E-state index in [0.29, 0.717) is 4.47 Å². The number of benzene rings is 1. The molecule has 13 heavy (non-hydrogen) atoms. The van der Waals surface area contributed by atoms with Crippen LogP contribution in [-0.2, 0) is 9.47 Å². The lowest BCUT2D eigenvalue weighted by Crippen LogP contribution is -1.97. The molecule has 0 unspecified atom stereocenters. The normalized spacial score (nSPS) is 15.5. The topological polar surface area (TPSA) is 18.5 Å². The molecule has 0 fully saturated rings. The Morgan fingerprint density at radius 1 is 1.23 bits per heavy atom. The molecule has 1 aliphatic rings. The van der Waals surface area contributed by atoms with E-state index < -0.39 is 6.29 Å². The van der Waals surface area contributed by atoms with Gasteiger partial charge >= 0.3 is 0 Å². The molecule has 0 saturated carbocycles. The molecule has 4 heteroatoms. The molecule has 1 aliphatic heterocycles. The van der Waals surface area contributed by atoms with Crippen molar-refractivity contribution in [3.05, 3.63) is 46.6 Å². The highest BCUT2D eigenvalue weighted by Crippen LogP contribution is 2.27. The number of ether oxygens (including phenoxy) is 2. The van der Waals surface area contributed by atoms with Gasteiger partial charge in [-0.1, -0.05) is 0 Å². The van der Waals surface area contributed by atoms with Crippen molar-refractivity contribution >= 4 is 15.9 Å². The second-order valence-corrected chi connectivity index (χ2v) is 3.40. The molecule has 68 valence electrons. The summed E-state index contributed by atoms with van der Waals surface area (Å²) in [5.74, 6) is -0.297. The third kappa shape index (κ3) is 1.67. The molecular formula is C9H6BrFO2. The number of hydrogen-bond donors (Lipinski definition) is 0. The number of hydrogen-bond acceptors (Lipinski definition) is 2. The van der Waals surface area contributed by atoms with Crippen LogP contribution >= 0.6 is 15.9 Å². The summed E-state index contributed by atoms with van der Waals surface area (Å²) < 4.78 is 23.4. The summed E-state index contributed by atoms with van der Waals surface area (Å²) in [5.41, 5.74) is 0.776. The van der Waals surface area contributed by atoms with Crippen molar-refractivity contribution in [2.24, 2.45) is 0 Å². The summed E-state index contributed by atoms with van der Waals surface area (Å²) in [6.07, 6.45) is 2.47. The molecule has 0 aromatic heterocycles. The van der Waals surface area contributed by atoms with Crippen LogP contribution in [-0.4, -0.2) is 0 Å². The minimum absolute atomic E-state index is 0.297. The predicted molar refractivity (Wildman–Crippen MR) is 48.2 cm³/mol. The molecule has 1 aromatic carbocycles. The summed E-state index contributed by atoms with van der Waals surface area (Å²) in [6.45, 7) is 0. The van der Waals surface area contributed by atoms with Gasteiger partial charge in [-0.3, -0.25) is 0 Å². The van der Waals surface area contributed by atoms with Crippen LogP contribution in [0, 0.1) is 5.82 Å². The molecule has 2 nitrogen and oxygen atoms in total. The van der Waals surface area contributed by atoms with Crippen LogP contribution in [0.15, 0.2) is 35.2 Å². The SMILES string of the molecule is Fc1ccc(C2OC=CO2)cc1Br. The van der Waals surface area contributed by atoms with Crippen molar-refractivity contribution in [2.75, 3.05) is 0 Å². The van der Waals surface area contributed by atoms with Crippen molar-refractivity contribution in [1.29, 1.82) is 0 Å². The quantitative estimate of drug-likeness (QED) is 0.756. The third-order valence-electron chi connectivity index (χ3n) is 1.68. The van der Waals surface area contributed by atoms with Crippen LogP contribution in [0.3, 0.4) is 0 Å². The molecule has 0 N–H and O–H groups in total. The van der Waals surface area contributed by atoms with Crippen molar-refractivity contribution in [3.8, 4) is 0 Å². The fraction of sp³-hybridized carbons (Fsp3) is 0.111. The van der Waals surface area contributed by atoms with Gasteiger partial charge in [0.15, 0.2) is 0 Å². The van der Waals surface area contributed by atoms with Crippen molar-refractivity contribution < 1.29 is 13.9 Å². The molecule has 1 aromatic rings. The fourth-order valence-corrected chi connectivity index (χ4v) is 1.45. The smallest absolute Gasteiger partial charge is 0.266 e. The average Bonchev–Trinajstić information content (AvgIpc) is 2.62. The summed E-state index contributed by atoms with van der Waals surface area (Å²) in [5, 5.41) is 0. The van der Waals surface area contributed by atoms with Crippen LogP contribution < -0.4 is 0 Å². The minimum Gasteiger partial charge on any atom is -0.455 e. The third-order valence-corrected chi connectivity index (χ3v) is 2.28. The number of rotatable bonds is 1. The molecule has 0 saturated heterocycles. The lowest BCUT2D eigenvalue weighted by molar-refractivity contribution is -0.0246. The van der Waals surface area contributed by atoms with E-state index in [-0.39, 0.29) is 5.82 Å². The summed E-state index contributed by atoms with van der Waals surface area (Å²) in [4.78, 5) is 0. The van der Waals surface area contributed by atoms with Crippen molar-refractivity contribution in [1.82, 2.24) is 0 Å². The zero-order valence-electron chi connectivity index (χ0n) is 6.54. The molecule has 0 aliphatic carbocycles. The highest BCUT2D eigenvalue weighted by atomic mass is 79.9. The van der Waals surface area contributed by atoms with E-state index in [2.05, 4.69) is 15.9 Å². The van der Waals surface area contributed by atoms with Crippen LogP contribution in [0.5, 0.6) is 0 Å². The second kappa shape index (κ2) is 3.38. The molecule has 0 atom stereocenters. The summed E-state index contributed by atoms with van der Waals surface area (Å²) in [7, 11) is 0. The van der Waals surface area contributed by atoms with E-state index in [1.807, 2.05) is 0 Å². The van der Waals surface area contributed by atoms with Gasteiger partial charge in [0, 0.05) is 5.56 Å². The minimum atomic E-state index is -0.447. The van der Waals surface area contributed by atoms with Crippen LogP contribution in [0.25, 0.3) is 0 Å². The first-order valence-electron chi connectivity index (χ1n) is 3.68. The Balaban J connectivity index is 2.26. The van der Waals surface area contributed by atoms with Gasteiger partial charge in [0.1, 0.15) is 18.3 Å². The highest BCUT2D eigenvalue weighted by molar-refractivity contribution is 9.10. The van der Waals surface area contributed by atoms with Crippen LogP contribution in [0.1, 0.15) is 11.9 Å². The highest BCUT2D eigenvalue weighted by Gasteiger charge is 2.16. The van der Waals surface area contributed by atoms with E-state index in [0.717, 1.165) is 5.56 Å². The first kappa shape index (κ1) is 8.56. The maximum absolute atomic E-state index is 12.8. The molecule has 0 radical (unpaired) electrons. The standard InChI is InChI=1S/C9H6BrFO2/c10-7-5-6(1-2-8(7)11)9-12-3-4-13-9/h1-5,9H. The first-order valence-corrected chi connectivity index (χ1v) is 4.47. The monoisotopic (exact) mass is 244 g/mol. The fourth-order valence-electron chi connectivity index (χ4n) is 1.06. The Bertz CT molecular complexity index is 343. The molecule has 1 heterocycles. The largest absolute Gasteiger partial charge is 0.455 e. The van der Waals surface area contributed by atoms with Gasteiger partial charge < -0.3 is 9.47 Å². The Morgan fingerprint density at radius 2 is 1.92 bits per heavy atom. The van der Waals surface area contributed by atoms with Crippen LogP contribution in [0.4, 0.5) is 4.39 Å². The zero-order valence-corrected chi connectivity index (χ0v) is 8.12. The van der Waals surface area contributed by atoms with E-state index in [4.69, 9.17) is 9.47 Å². The van der Waals surface area contributed by atoms with Gasteiger partial charge in [0.2, 0.25) is 0 Å². The second-order valence-electron chi connectivity index (χ2n) is 2.55. The number of halogens is 2. The maximum Gasteiger partial charge on any atom is 0.266 e. The molecular weight excluding hydrogens is 239 g/mol. The van der Waals surface area contributed by atoms with E-state index >= 15 is 0 Å². The Hall–Kier alpha value is -1.03. The summed E-state index contributed by atoms with van der Waals surface area (Å²) >= 11 is 3.09. The van der Waals surface area contributed by atoms with Gasteiger partial charge in [-0.2, -0.15) is 0 Å². The summed E-state index contributed by atoms with van der Waals surface area (Å²) in [6, 6.07) is 4.62. The lowest BCUT2D eigenvalue weighted by Gasteiger charge is -2.10. The van der Waals surface area contributed by atoms with Crippen LogP contribution in [0.2, 0.25) is 0 Å². The van der Waals surface area contributed by atoms with E-state index in [1.165, 1.54) is 18.6 Å². The van der Waals surface area contributed by atoms with Crippen molar-refractivity contribution in [2.45, 2.75) is 6.29 Å². The molecule has 0 spiro atoms. The zero-order chi connectivity index (χ0) is 9.26. The van der Waals surface area contributed by atoms with Gasteiger partial charge in [-0.05, 0) is 34.1 Å².